The number of hydrogen-bond donors (Lipinski definition) is 0. The lowest BCUT2D eigenvalue weighted by Crippen LogP contribution is -2.29. The van der Waals surface area contributed by atoms with Gasteiger partial charge in [0.2, 0.25) is 0 Å². The second-order valence-corrected chi connectivity index (χ2v) is 3.60. The largest absolute Gasteiger partial charge is 0.459 e. The molecule has 72 valence electrons. The Balaban J connectivity index is 2.02. The molecule has 3 unspecified atom stereocenters. The zero-order valence-corrected chi connectivity index (χ0v) is 7.73. The van der Waals surface area contributed by atoms with E-state index in [0.29, 0.717) is 0 Å². The standard InChI is InChI=1S/C10H14O3/c1-7(11)12-9-4-2-3-8-5-6-10(9)13-8/h2-3,8-10H,4-6H2,1H3. The van der Waals surface area contributed by atoms with Crippen LogP contribution in [-0.4, -0.2) is 24.3 Å². The Labute approximate surface area is 77.7 Å². The van der Waals surface area contributed by atoms with Crippen molar-refractivity contribution < 1.29 is 14.3 Å². The van der Waals surface area contributed by atoms with Crippen LogP contribution in [0, 0.1) is 0 Å². The van der Waals surface area contributed by atoms with Crippen molar-refractivity contribution in [1.29, 1.82) is 0 Å². The molecule has 0 radical (unpaired) electrons. The van der Waals surface area contributed by atoms with E-state index in [1.165, 1.54) is 6.92 Å². The summed E-state index contributed by atoms with van der Waals surface area (Å²) >= 11 is 0. The first-order valence-electron chi connectivity index (χ1n) is 4.75. The second kappa shape index (κ2) is 3.50. The summed E-state index contributed by atoms with van der Waals surface area (Å²) in [5.41, 5.74) is 0. The Morgan fingerprint density at radius 1 is 1.54 bits per heavy atom. The third-order valence-corrected chi connectivity index (χ3v) is 2.54. The van der Waals surface area contributed by atoms with Crippen molar-refractivity contribution in [3.05, 3.63) is 12.2 Å². The normalized spacial score (nSPS) is 37.2. The topological polar surface area (TPSA) is 35.5 Å². The SMILES string of the molecule is CC(=O)OC1CC=CC2CCC1O2. The van der Waals surface area contributed by atoms with Gasteiger partial charge >= 0.3 is 5.97 Å². The van der Waals surface area contributed by atoms with Gasteiger partial charge < -0.3 is 9.47 Å². The Morgan fingerprint density at radius 3 is 3.15 bits per heavy atom. The van der Waals surface area contributed by atoms with Crippen LogP contribution >= 0.6 is 0 Å². The molecule has 1 fully saturated rings. The number of hydrogen-bond acceptors (Lipinski definition) is 3. The van der Waals surface area contributed by atoms with Crippen molar-refractivity contribution in [3.63, 3.8) is 0 Å². The summed E-state index contributed by atoms with van der Waals surface area (Å²) in [6.45, 7) is 1.45. The molecule has 0 aromatic heterocycles. The van der Waals surface area contributed by atoms with Crippen LogP contribution < -0.4 is 0 Å². The molecule has 2 bridgehead atoms. The van der Waals surface area contributed by atoms with E-state index >= 15 is 0 Å². The minimum atomic E-state index is -0.215. The lowest BCUT2D eigenvalue weighted by Gasteiger charge is -2.20. The van der Waals surface area contributed by atoms with Crippen molar-refractivity contribution in [2.24, 2.45) is 0 Å². The maximum absolute atomic E-state index is 10.8. The third-order valence-electron chi connectivity index (χ3n) is 2.54. The average molecular weight is 182 g/mol. The molecular weight excluding hydrogens is 168 g/mol. The summed E-state index contributed by atoms with van der Waals surface area (Å²) in [5, 5.41) is 0. The summed E-state index contributed by atoms with van der Waals surface area (Å²) in [6, 6.07) is 0. The van der Waals surface area contributed by atoms with Crippen LogP contribution in [-0.2, 0) is 14.3 Å². The molecule has 3 heteroatoms. The van der Waals surface area contributed by atoms with Crippen molar-refractivity contribution in [2.45, 2.75) is 44.5 Å². The summed E-state index contributed by atoms with van der Waals surface area (Å²) in [5.74, 6) is -0.215. The first-order chi connectivity index (χ1) is 6.25. The number of carbonyl (C=O) groups is 1. The highest BCUT2D eigenvalue weighted by Gasteiger charge is 2.33. The van der Waals surface area contributed by atoms with Gasteiger partial charge in [0, 0.05) is 13.3 Å². The minimum Gasteiger partial charge on any atom is -0.459 e. The monoisotopic (exact) mass is 182 g/mol. The quantitative estimate of drug-likeness (QED) is 0.454. The van der Waals surface area contributed by atoms with Gasteiger partial charge in [0.15, 0.2) is 0 Å². The van der Waals surface area contributed by atoms with Gasteiger partial charge in [-0.2, -0.15) is 0 Å². The summed E-state index contributed by atoms with van der Waals surface area (Å²) in [4.78, 5) is 10.8. The molecule has 0 saturated carbocycles. The maximum atomic E-state index is 10.8. The lowest BCUT2D eigenvalue weighted by atomic mass is 10.0. The smallest absolute Gasteiger partial charge is 0.303 e. The number of rotatable bonds is 1. The van der Waals surface area contributed by atoms with Crippen molar-refractivity contribution in [3.8, 4) is 0 Å². The zero-order valence-electron chi connectivity index (χ0n) is 7.73. The van der Waals surface area contributed by atoms with Crippen LogP contribution in [0.3, 0.4) is 0 Å². The van der Waals surface area contributed by atoms with Gasteiger partial charge in [-0.3, -0.25) is 4.79 Å². The van der Waals surface area contributed by atoms with E-state index in [1.54, 1.807) is 0 Å². The molecule has 2 rings (SSSR count). The molecule has 0 aromatic carbocycles. The third kappa shape index (κ3) is 1.91. The van der Waals surface area contributed by atoms with Crippen molar-refractivity contribution in [1.82, 2.24) is 0 Å². The fourth-order valence-corrected chi connectivity index (χ4v) is 1.96. The number of fused-ring (bicyclic) bond motifs is 2. The number of carbonyl (C=O) groups excluding carboxylic acids is 1. The molecule has 3 nitrogen and oxygen atoms in total. The van der Waals surface area contributed by atoms with Gasteiger partial charge in [-0.05, 0) is 12.8 Å². The predicted molar refractivity (Wildman–Crippen MR) is 47.2 cm³/mol. The summed E-state index contributed by atoms with van der Waals surface area (Å²) in [7, 11) is 0. The molecule has 13 heavy (non-hydrogen) atoms. The van der Waals surface area contributed by atoms with Gasteiger partial charge in [-0.25, -0.2) is 0 Å². The molecule has 2 aliphatic heterocycles. The van der Waals surface area contributed by atoms with Gasteiger partial charge in [-0.1, -0.05) is 12.2 Å². The van der Waals surface area contributed by atoms with E-state index in [9.17, 15) is 4.79 Å². The molecule has 0 aromatic rings. The van der Waals surface area contributed by atoms with Crippen LogP contribution in [0.5, 0.6) is 0 Å². The number of ether oxygens (including phenoxy) is 2. The van der Waals surface area contributed by atoms with Gasteiger partial charge in [0.1, 0.15) is 6.10 Å². The van der Waals surface area contributed by atoms with Crippen molar-refractivity contribution in [2.75, 3.05) is 0 Å². The van der Waals surface area contributed by atoms with Crippen LogP contribution in [0.1, 0.15) is 26.2 Å². The molecule has 2 aliphatic rings. The van der Waals surface area contributed by atoms with Crippen LogP contribution in [0.25, 0.3) is 0 Å². The summed E-state index contributed by atoms with van der Waals surface area (Å²) < 4.78 is 10.9. The van der Waals surface area contributed by atoms with Gasteiger partial charge in [0.05, 0.1) is 12.2 Å². The molecule has 2 heterocycles. The molecule has 0 N–H and O–H groups in total. The maximum Gasteiger partial charge on any atom is 0.303 e. The molecular formula is C10H14O3. The summed E-state index contributed by atoms with van der Waals surface area (Å²) in [6.07, 6.45) is 7.28. The van der Waals surface area contributed by atoms with E-state index in [0.717, 1.165) is 19.3 Å². The van der Waals surface area contributed by atoms with E-state index in [2.05, 4.69) is 12.2 Å². The van der Waals surface area contributed by atoms with Gasteiger partial charge in [0.25, 0.3) is 0 Å². The Hall–Kier alpha value is -0.830. The zero-order chi connectivity index (χ0) is 9.26. The fraction of sp³-hybridized carbons (Fsp3) is 0.700. The van der Waals surface area contributed by atoms with E-state index < -0.39 is 0 Å². The van der Waals surface area contributed by atoms with Crippen molar-refractivity contribution >= 4 is 5.97 Å². The predicted octanol–water partition coefficient (Wildman–Crippen LogP) is 1.43. The second-order valence-electron chi connectivity index (χ2n) is 3.60. The Morgan fingerprint density at radius 2 is 2.38 bits per heavy atom. The molecule has 0 amide bonds. The fourth-order valence-electron chi connectivity index (χ4n) is 1.96. The van der Waals surface area contributed by atoms with E-state index in [4.69, 9.17) is 9.47 Å². The minimum absolute atomic E-state index is 0.0683. The van der Waals surface area contributed by atoms with Crippen LogP contribution in [0.2, 0.25) is 0 Å². The van der Waals surface area contributed by atoms with E-state index in [-0.39, 0.29) is 24.3 Å². The molecule has 0 aliphatic carbocycles. The molecule has 3 atom stereocenters. The van der Waals surface area contributed by atoms with Crippen LogP contribution in [0.15, 0.2) is 12.2 Å². The lowest BCUT2D eigenvalue weighted by molar-refractivity contribution is -0.152. The van der Waals surface area contributed by atoms with Crippen LogP contribution in [0.4, 0.5) is 0 Å². The number of esters is 1. The Bertz CT molecular complexity index is 234. The Kier molecular flexibility index (Phi) is 2.36. The molecule has 0 spiro atoms. The highest BCUT2D eigenvalue weighted by Crippen LogP contribution is 2.29. The first kappa shape index (κ1) is 8.75. The van der Waals surface area contributed by atoms with E-state index in [1.807, 2.05) is 0 Å². The highest BCUT2D eigenvalue weighted by molar-refractivity contribution is 5.66. The van der Waals surface area contributed by atoms with Gasteiger partial charge in [-0.15, -0.1) is 0 Å². The highest BCUT2D eigenvalue weighted by atomic mass is 16.6. The molecule has 1 saturated heterocycles. The first-order valence-corrected chi connectivity index (χ1v) is 4.75. The average Bonchev–Trinajstić information content (AvgIpc) is 2.40.